The normalized spacial score (nSPS) is 21.6. The highest BCUT2D eigenvalue weighted by Crippen LogP contribution is 2.44. The van der Waals surface area contributed by atoms with Crippen LogP contribution in [0.3, 0.4) is 0 Å². The number of benzene rings is 2. The van der Waals surface area contributed by atoms with E-state index >= 15 is 0 Å². The first-order valence-electron chi connectivity index (χ1n) is 16.8. The van der Waals surface area contributed by atoms with Gasteiger partial charge in [0.05, 0.1) is 19.9 Å². The lowest BCUT2D eigenvalue weighted by atomic mass is 9.87. The van der Waals surface area contributed by atoms with Crippen LogP contribution in [0, 0.1) is 17.7 Å². The molecule has 1 saturated heterocycles. The number of carbonyl (C=O) groups is 1. The summed E-state index contributed by atoms with van der Waals surface area (Å²) in [5.41, 5.74) is 4.54. The molecule has 2 aromatic carbocycles. The minimum atomic E-state index is -0.775. The maximum Gasteiger partial charge on any atom is 0.321 e. The largest absolute Gasteiger partial charge is 0.493 e. The fourth-order valence-corrected chi connectivity index (χ4v) is 8.03. The minimum absolute atomic E-state index is 0.00399. The third-order valence-corrected chi connectivity index (χ3v) is 10.3. The molecule has 0 bridgehead atoms. The zero-order valence-electron chi connectivity index (χ0n) is 28.3. The highest BCUT2D eigenvalue weighted by Gasteiger charge is 2.42. The highest BCUT2D eigenvalue weighted by molar-refractivity contribution is 5.73. The number of carboxylic acid groups (broad SMARTS) is 1. The van der Waals surface area contributed by atoms with Gasteiger partial charge in [0.25, 0.3) is 0 Å². The SMILES string of the molecule is CCn1nc(Cc2ccc(OC)c(OC)c2)cc1C1CCN(C[C@H]2C[C@H](N(C)[C@@H](C(=O)O)C(C)C)C[C@@H]2c2cccc(F)c2)CC1. The maximum atomic E-state index is 14.3. The number of ether oxygens (including phenoxy) is 2. The summed E-state index contributed by atoms with van der Waals surface area (Å²) in [7, 11) is 5.26. The quantitative estimate of drug-likeness (QED) is 0.232. The van der Waals surface area contributed by atoms with E-state index in [-0.39, 0.29) is 23.7 Å². The number of methoxy groups -OCH3 is 2. The first kappa shape index (κ1) is 33.9. The van der Waals surface area contributed by atoms with E-state index < -0.39 is 12.0 Å². The average molecular weight is 635 g/mol. The Bertz CT molecular complexity index is 1470. The van der Waals surface area contributed by atoms with Gasteiger partial charge < -0.3 is 19.5 Å². The number of aliphatic carboxylic acids is 1. The molecule has 2 aliphatic rings. The van der Waals surface area contributed by atoms with Crippen LogP contribution in [0.1, 0.15) is 80.8 Å². The number of rotatable bonds is 13. The molecule has 0 spiro atoms. The molecule has 3 aromatic rings. The number of likely N-dealkylation sites (N-methyl/N-ethyl adjacent to an activating group) is 1. The van der Waals surface area contributed by atoms with Crippen LogP contribution in [0.25, 0.3) is 0 Å². The van der Waals surface area contributed by atoms with Crippen LogP contribution in [0.15, 0.2) is 48.5 Å². The molecule has 1 saturated carbocycles. The molecular weight excluding hydrogens is 583 g/mol. The van der Waals surface area contributed by atoms with E-state index in [1.165, 1.54) is 11.8 Å². The fraction of sp³-hybridized carbons (Fsp3) is 0.568. The van der Waals surface area contributed by atoms with E-state index in [0.717, 1.165) is 86.6 Å². The molecule has 8 nitrogen and oxygen atoms in total. The molecular formula is C37H51FN4O4. The number of nitrogens with zero attached hydrogens (tertiary/aromatic N) is 4. The van der Waals surface area contributed by atoms with Gasteiger partial charge in [-0.25, -0.2) is 4.39 Å². The van der Waals surface area contributed by atoms with Crippen molar-refractivity contribution in [3.8, 4) is 11.5 Å². The highest BCUT2D eigenvalue weighted by atomic mass is 19.1. The van der Waals surface area contributed by atoms with Crippen molar-refractivity contribution in [1.29, 1.82) is 0 Å². The van der Waals surface area contributed by atoms with Crippen LogP contribution < -0.4 is 9.47 Å². The summed E-state index contributed by atoms with van der Waals surface area (Å²) < 4.78 is 27.4. The predicted octanol–water partition coefficient (Wildman–Crippen LogP) is 6.43. The summed E-state index contributed by atoms with van der Waals surface area (Å²) >= 11 is 0. The van der Waals surface area contributed by atoms with Gasteiger partial charge in [0.2, 0.25) is 0 Å². The topological polar surface area (TPSA) is 80.1 Å². The minimum Gasteiger partial charge on any atom is -0.493 e. The van der Waals surface area contributed by atoms with E-state index in [1.807, 2.05) is 39.1 Å². The summed E-state index contributed by atoms with van der Waals surface area (Å²) in [6.45, 7) is 9.87. The van der Waals surface area contributed by atoms with Crippen molar-refractivity contribution in [3.05, 3.63) is 76.9 Å². The second kappa shape index (κ2) is 15.0. The molecule has 1 aromatic heterocycles. The van der Waals surface area contributed by atoms with E-state index in [0.29, 0.717) is 11.8 Å². The van der Waals surface area contributed by atoms with Gasteiger partial charge in [-0.2, -0.15) is 5.10 Å². The number of hydrogen-bond acceptors (Lipinski definition) is 6. The second-order valence-corrected chi connectivity index (χ2v) is 13.6. The van der Waals surface area contributed by atoms with Gasteiger partial charge in [-0.15, -0.1) is 0 Å². The van der Waals surface area contributed by atoms with Crippen molar-refractivity contribution in [2.75, 3.05) is 40.9 Å². The van der Waals surface area contributed by atoms with Gasteiger partial charge in [-0.05, 0) is 112 Å². The third-order valence-electron chi connectivity index (χ3n) is 10.3. The van der Waals surface area contributed by atoms with Crippen LogP contribution in [-0.2, 0) is 17.8 Å². The van der Waals surface area contributed by atoms with Crippen LogP contribution >= 0.6 is 0 Å². The summed E-state index contributed by atoms with van der Waals surface area (Å²) in [4.78, 5) is 16.8. The Morgan fingerprint density at radius 3 is 2.43 bits per heavy atom. The second-order valence-electron chi connectivity index (χ2n) is 13.6. The van der Waals surface area contributed by atoms with Crippen molar-refractivity contribution in [2.24, 2.45) is 11.8 Å². The summed E-state index contributed by atoms with van der Waals surface area (Å²) in [5, 5.41) is 14.9. The van der Waals surface area contributed by atoms with Gasteiger partial charge in [0, 0.05) is 37.2 Å². The fourth-order valence-electron chi connectivity index (χ4n) is 8.03. The van der Waals surface area contributed by atoms with E-state index in [1.54, 1.807) is 26.4 Å². The Hall–Kier alpha value is -3.43. The Balaban J connectivity index is 1.26. The number of aromatic nitrogens is 2. The zero-order chi connectivity index (χ0) is 33.0. The third kappa shape index (κ3) is 7.58. The molecule has 0 unspecified atom stereocenters. The monoisotopic (exact) mass is 634 g/mol. The number of aryl methyl sites for hydroxylation is 1. The average Bonchev–Trinajstić information content (AvgIpc) is 3.65. The molecule has 1 aliphatic carbocycles. The summed E-state index contributed by atoms with van der Waals surface area (Å²) in [6, 6.07) is 14.9. The number of piperidine rings is 1. The van der Waals surface area contributed by atoms with Crippen molar-refractivity contribution in [1.82, 2.24) is 19.6 Å². The van der Waals surface area contributed by atoms with Gasteiger partial charge in [-0.1, -0.05) is 32.0 Å². The number of halogens is 1. The molecule has 1 N–H and O–H groups in total. The lowest BCUT2D eigenvalue weighted by molar-refractivity contribution is -0.145. The predicted molar refractivity (Wildman–Crippen MR) is 178 cm³/mol. The van der Waals surface area contributed by atoms with Crippen LogP contribution in [0.4, 0.5) is 4.39 Å². The van der Waals surface area contributed by atoms with Crippen molar-refractivity contribution >= 4 is 5.97 Å². The summed E-state index contributed by atoms with van der Waals surface area (Å²) in [6.07, 6.45) is 4.62. The molecule has 46 heavy (non-hydrogen) atoms. The molecule has 2 heterocycles. The molecule has 0 amide bonds. The van der Waals surface area contributed by atoms with Gasteiger partial charge in [-0.3, -0.25) is 14.4 Å². The number of carboxylic acids is 1. The molecule has 5 rings (SSSR count). The van der Waals surface area contributed by atoms with Gasteiger partial charge in [0.15, 0.2) is 11.5 Å². The standard InChI is InChI=1S/C37H51FN4O4/c1-7-42-33(21-30(39-42)17-25-11-12-34(45-5)35(18-25)46-6)26-13-15-41(16-14-26)23-28-20-31(40(4)36(24(2)3)37(43)44)22-32(28)27-9-8-10-29(38)19-27/h8-12,18-19,21,24,26,28,31-32,36H,7,13-17,20,22-23H2,1-6H3,(H,43,44)/t28-,31+,32-,36-/m1/s1. The van der Waals surface area contributed by atoms with Gasteiger partial charge >= 0.3 is 5.97 Å². The van der Waals surface area contributed by atoms with Crippen molar-refractivity contribution < 1.29 is 23.8 Å². The molecule has 0 radical (unpaired) electrons. The van der Waals surface area contributed by atoms with E-state index in [9.17, 15) is 14.3 Å². The number of hydrogen-bond donors (Lipinski definition) is 1. The van der Waals surface area contributed by atoms with Crippen LogP contribution in [-0.4, -0.2) is 83.6 Å². The Kier molecular flexibility index (Phi) is 11.1. The number of likely N-dealkylation sites (tertiary alicyclic amines) is 1. The zero-order valence-corrected chi connectivity index (χ0v) is 28.3. The lowest BCUT2D eigenvalue weighted by Gasteiger charge is -2.35. The Morgan fingerprint density at radius 1 is 1.07 bits per heavy atom. The first-order chi connectivity index (χ1) is 22.1. The molecule has 250 valence electrons. The van der Waals surface area contributed by atoms with Gasteiger partial charge in [0.1, 0.15) is 11.9 Å². The Morgan fingerprint density at radius 2 is 1.80 bits per heavy atom. The summed E-state index contributed by atoms with van der Waals surface area (Å²) in [5.74, 6) is 1.45. The van der Waals surface area contributed by atoms with Crippen LogP contribution in [0.2, 0.25) is 0 Å². The Labute approximate surface area is 273 Å². The molecule has 1 aliphatic heterocycles. The lowest BCUT2D eigenvalue weighted by Crippen LogP contribution is -2.47. The maximum absolute atomic E-state index is 14.3. The van der Waals surface area contributed by atoms with Crippen molar-refractivity contribution in [3.63, 3.8) is 0 Å². The smallest absolute Gasteiger partial charge is 0.321 e. The van der Waals surface area contributed by atoms with Crippen LogP contribution in [0.5, 0.6) is 11.5 Å². The molecule has 9 heteroatoms. The van der Waals surface area contributed by atoms with E-state index in [2.05, 4.69) is 33.5 Å². The molecule has 2 fully saturated rings. The first-order valence-corrected chi connectivity index (χ1v) is 16.8. The molecule has 4 atom stereocenters. The van der Waals surface area contributed by atoms with Crippen molar-refractivity contribution in [2.45, 2.75) is 83.3 Å². The van der Waals surface area contributed by atoms with E-state index in [4.69, 9.17) is 14.6 Å².